The number of ether oxygens (including phenoxy) is 1. The highest BCUT2D eigenvalue weighted by atomic mass is 32.2. The van der Waals surface area contributed by atoms with Crippen LogP contribution >= 0.6 is 0 Å². The Morgan fingerprint density at radius 3 is 2.86 bits per heavy atom. The van der Waals surface area contributed by atoms with Crippen LogP contribution in [-0.2, 0) is 14.8 Å². The van der Waals surface area contributed by atoms with E-state index in [1.807, 2.05) is 32.9 Å². The van der Waals surface area contributed by atoms with E-state index in [0.717, 1.165) is 10.9 Å². The first-order valence-corrected chi connectivity index (χ1v) is 8.82. The third-order valence-electron chi connectivity index (χ3n) is 3.95. The van der Waals surface area contributed by atoms with Crippen molar-refractivity contribution in [2.45, 2.75) is 37.8 Å². The molecule has 3 rings (SSSR count). The summed E-state index contributed by atoms with van der Waals surface area (Å²) in [7, 11) is -3.59. The number of sulfonamides is 1. The average molecular weight is 320 g/mol. The van der Waals surface area contributed by atoms with Crippen LogP contribution in [0.3, 0.4) is 0 Å². The lowest BCUT2D eigenvalue weighted by Crippen LogP contribution is -2.50. The van der Waals surface area contributed by atoms with E-state index in [1.165, 1.54) is 4.31 Å². The maximum Gasteiger partial charge on any atom is 0.245 e. The van der Waals surface area contributed by atoms with Gasteiger partial charge in [0.2, 0.25) is 10.0 Å². The van der Waals surface area contributed by atoms with Gasteiger partial charge in [-0.15, -0.1) is 0 Å². The van der Waals surface area contributed by atoms with E-state index < -0.39 is 10.0 Å². The first-order chi connectivity index (χ1) is 10.4. The van der Waals surface area contributed by atoms with Crippen LogP contribution in [0, 0.1) is 6.92 Å². The number of aryl methyl sites for hydroxylation is 1. The molecule has 1 saturated heterocycles. The van der Waals surface area contributed by atoms with E-state index in [1.54, 1.807) is 18.3 Å². The minimum absolute atomic E-state index is 0.101. The maximum absolute atomic E-state index is 13.1. The molecule has 1 aliphatic heterocycles. The zero-order chi connectivity index (χ0) is 15.9. The van der Waals surface area contributed by atoms with Crippen LogP contribution < -0.4 is 0 Å². The maximum atomic E-state index is 13.1. The summed E-state index contributed by atoms with van der Waals surface area (Å²) >= 11 is 0. The topological polar surface area (TPSA) is 59.5 Å². The summed E-state index contributed by atoms with van der Waals surface area (Å²) in [6, 6.07) is 7.06. The predicted molar refractivity (Wildman–Crippen MR) is 85.2 cm³/mol. The molecule has 1 aliphatic rings. The van der Waals surface area contributed by atoms with Crippen molar-refractivity contribution in [3.63, 3.8) is 0 Å². The molecule has 5 nitrogen and oxygen atoms in total. The molecule has 2 heterocycles. The second kappa shape index (κ2) is 5.61. The number of aromatic nitrogens is 1. The van der Waals surface area contributed by atoms with Gasteiger partial charge >= 0.3 is 0 Å². The van der Waals surface area contributed by atoms with Gasteiger partial charge in [0, 0.05) is 24.2 Å². The lowest BCUT2D eigenvalue weighted by Gasteiger charge is -2.35. The van der Waals surface area contributed by atoms with Crippen LogP contribution in [0.5, 0.6) is 0 Å². The van der Waals surface area contributed by atoms with Gasteiger partial charge in [-0.25, -0.2) is 8.42 Å². The highest BCUT2D eigenvalue weighted by Crippen LogP contribution is 2.27. The van der Waals surface area contributed by atoms with E-state index in [-0.39, 0.29) is 17.0 Å². The molecule has 2 atom stereocenters. The van der Waals surface area contributed by atoms with Crippen molar-refractivity contribution in [2.24, 2.45) is 0 Å². The van der Waals surface area contributed by atoms with Crippen molar-refractivity contribution in [2.75, 3.05) is 13.2 Å². The summed E-state index contributed by atoms with van der Waals surface area (Å²) in [6.45, 7) is 6.48. The van der Waals surface area contributed by atoms with Crippen molar-refractivity contribution >= 4 is 20.9 Å². The molecule has 1 aromatic carbocycles. The Balaban J connectivity index is 2.13. The number of hydrogen-bond acceptors (Lipinski definition) is 4. The van der Waals surface area contributed by atoms with Gasteiger partial charge in [0.05, 0.1) is 18.2 Å². The molecule has 1 aromatic heterocycles. The van der Waals surface area contributed by atoms with E-state index in [0.29, 0.717) is 18.7 Å². The summed E-state index contributed by atoms with van der Waals surface area (Å²) in [5.74, 6) is 0. The molecule has 6 heteroatoms. The van der Waals surface area contributed by atoms with Crippen LogP contribution in [-0.4, -0.2) is 43.0 Å². The second-order valence-electron chi connectivity index (χ2n) is 5.91. The quantitative estimate of drug-likeness (QED) is 0.852. The van der Waals surface area contributed by atoms with E-state index in [2.05, 4.69) is 4.98 Å². The zero-order valence-corrected chi connectivity index (χ0v) is 13.8. The SMILES string of the molecule is Cc1cnc2c(S(=O)(=O)N3C[C@H](C)OC[C@H]3C)cccc2c1. The van der Waals surface area contributed by atoms with E-state index in [9.17, 15) is 8.42 Å². The van der Waals surface area contributed by atoms with Crippen LogP contribution in [0.15, 0.2) is 35.4 Å². The number of hydrogen-bond donors (Lipinski definition) is 0. The molecule has 0 unspecified atom stereocenters. The summed E-state index contributed by atoms with van der Waals surface area (Å²) in [5, 5.41) is 0.843. The van der Waals surface area contributed by atoms with Crippen LogP contribution in [0.2, 0.25) is 0 Å². The smallest absolute Gasteiger partial charge is 0.245 e. The van der Waals surface area contributed by atoms with Gasteiger partial charge in [-0.05, 0) is 38.5 Å². The van der Waals surface area contributed by atoms with Gasteiger partial charge in [-0.3, -0.25) is 4.98 Å². The Bertz CT molecular complexity index is 804. The molecule has 0 saturated carbocycles. The number of benzene rings is 1. The van der Waals surface area contributed by atoms with Gasteiger partial charge in [-0.2, -0.15) is 4.31 Å². The second-order valence-corrected chi connectivity index (χ2v) is 7.77. The van der Waals surface area contributed by atoms with Crippen LogP contribution in [0.4, 0.5) is 0 Å². The molecule has 1 fully saturated rings. The molecule has 118 valence electrons. The fraction of sp³-hybridized carbons (Fsp3) is 0.438. The highest BCUT2D eigenvalue weighted by Gasteiger charge is 2.35. The molecule has 22 heavy (non-hydrogen) atoms. The minimum atomic E-state index is -3.59. The molecule has 0 radical (unpaired) electrons. The summed E-state index contributed by atoms with van der Waals surface area (Å²) in [6.07, 6.45) is 1.60. The van der Waals surface area contributed by atoms with Gasteiger partial charge in [-0.1, -0.05) is 12.1 Å². The van der Waals surface area contributed by atoms with Crippen molar-refractivity contribution in [1.82, 2.24) is 9.29 Å². The standard InChI is InChI=1S/C16H20N2O3S/c1-11-7-14-5-4-6-15(16(14)17-8-11)22(19,20)18-9-13(3)21-10-12(18)2/h4-8,12-13H,9-10H2,1-3H3/t12-,13+/m1/s1. The number of morpholine rings is 1. The van der Waals surface area contributed by atoms with Crippen LogP contribution in [0.1, 0.15) is 19.4 Å². The normalized spacial score (nSPS) is 23.8. The molecule has 0 N–H and O–H groups in total. The lowest BCUT2D eigenvalue weighted by atomic mass is 10.2. The average Bonchev–Trinajstić information content (AvgIpc) is 2.48. The Kier molecular flexibility index (Phi) is 3.92. The summed E-state index contributed by atoms with van der Waals surface area (Å²) in [5.41, 5.74) is 1.54. The molecule has 0 amide bonds. The Morgan fingerprint density at radius 1 is 1.32 bits per heavy atom. The summed E-state index contributed by atoms with van der Waals surface area (Å²) < 4.78 is 33.2. The third-order valence-corrected chi connectivity index (χ3v) is 5.96. The highest BCUT2D eigenvalue weighted by molar-refractivity contribution is 7.89. The first kappa shape index (κ1) is 15.4. The van der Waals surface area contributed by atoms with Crippen molar-refractivity contribution in [3.05, 3.63) is 36.0 Å². The number of pyridine rings is 1. The van der Waals surface area contributed by atoms with Gasteiger partial charge < -0.3 is 4.74 Å². The third kappa shape index (κ3) is 2.62. The Labute approximate surface area is 131 Å². The van der Waals surface area contributed by atoms with Crippen LogP contribution in [0.25, 0.3) is 10.9 Å². The molecular formula is C16H20N2O3S. The Morgan fingerprint density at radius 2 is 2.09 bits per heavy atom. The van der Waals surface area contributed by atoms with Gasteiger partial charge in [0.15, 0.2) is 0 Å². The molecule has 0 spiro atoms. The Hall–Kier alpha value is -1.50. The molecular weight excluding hydrogens is 300 g/mol. The van der Waals surface area contributed by atoms with Crippen molar-refractivity contribution < 1.29 is 13.2 Å². The number of rotatable bonds is 2. The molecule has 0 bridgehead atoms. The lowest BCUT2D eigenvalue weighted by molar-refractivity contribution is -0.0170. The van der Waals surface area contributed by atoms with Gasteiger partial charge in [0.25, 0.3) is 0 Å². The van der Waals surface area contributed by atoms with Gasteiger partial charge in [0.1, 0.15) is 4.90 Å². The fourth-order valence-corrected chi connectivity index (χ4v) is 4.64. The number of nitrogens with zero attached hydrogens (tertiary/aromatic N) is 2. The fourth-order valence-electron chi connectivity index (χ4n) is 2.79. The van der Waals surface area contributed by atoms with E-state index >= 15 is 0 Å². The first-order valence-electron chi connectivity index (χ1n) is 7.38. The minimum Gasteiger partial charge on any atom is -0.375 e. The summed E-state index contributed by atoms with van der Waals surface area (Å²) in [4.78, 5) is 4.62. The largest absolute Gasteiger partial charge is 0.375 e. The van der Waals surface area contributed by atoms with E-state index in [4.69, 9.17) is 4.74 Å². The monoisotopic (exact) mass is 320 g/mol. The van der Waals surface area contributed by atoms with Crippen molar-refractivity contribution in [1.29, 1.82) is 0 Å². The number of para-hydroxylation sites is 1. The zero-order valence-electron chi connectivity index (χ0n) is 13.0. The molecule has 0 aliphatic carbocycles. The van der Waals surface area contributed by atoms with Crippen molar-refractivity contribution in [3.8, 4) is 0 Å². The predicted octanol–water partition coefficient (Wildman–Crippen LogP) is 2.34. The molecule has 2 aromatic rings. The number of fused-ring (bicyclic) bond motifs is 1.